The predicted octanol–water partition coefficient (Wildman–Crippen LogP) is 3.28. The van der Waals surface area contributed by atoms with Crippen LogP contribution in [0.1, 0.15) is 58.8 Å². The highest BCUT2D eigenvalue weighted by atomic mass is 15.1. The lowest BCUT2D eigenvalue weighted by atomic mass is 9.99. The number of hydrogen-bond donors (Lipinski definition) is 1. The summed E-state index contributed by atoms with van der Waals surface area (Å²) in [7, 11) is 0. The van der Waals surface area contributed by atoms with Crippen LogP contribution in [0.4, 0.5) is 0 Å². The minimum atomic E-state index is 0.744. The number of rotatable bonds is 6. The van der Waals surface area contributed by atoms with Crippen molar-refractivity contribution in [1.82, 2.24) is 10.2 Å². The molecule has 0 radical (unpaired) electrons. The van der Waals surface area contributed by atoms with Crippen molar-refractivity contribution in [2.45, 2.75) is 64.8 Å². The minimum absolute atomic E-state index is 0.744. The number of piperidine rings is 1. The van der Waals surface area contributed by atoms with Crippen LogP contribution in [0.3, 0.4) is 0 Å². The van der Waals surface area contributed by atoms with E-state index >= 15 is 0 Å². The third-order valence-electron chi connectivity index (χ3n) is 5.10. The van der Waals surface area contributed by atoms with Gasteiger partial charge in [0.25, 0.3) is 0 Å². The Morgan fingerprint density at radius 1 is 1.11 bits per heavy atom. The van der Waals surface area contributed by atoms with Crippen molar-refractivity contribution in [3.63, 3.8) is 0 Å². The first-order valence-electron chi connectivity index (χ1n) is 8.21. The topological polar surface area (TPSA) is 15.3 Å². The van der Waals surface area contributed by atoms with Gasteiger partial charge in [0.2, 0.25) is 0 Å². The molecule has 2 rings (SSSR count). The molecule has 1 unspecified atom stereocenters. The molecule has 2 heteroatoms. The molecule has 0 spiro atoms. The quantitative estimate of drug-likeness (QED) is 0.730. The van der Waals surface area contributed by atoms with E-state index in [1.54, 1.807) is 0 Å². The van der Waals surface area contributed by atoms with Gasteiger partial charge in [-0.15, -0.1) is 0 Å². The Labute approximate surface area is 114 Å². The Kier molecular flexibility index (Phi) is 5.97. The van der Waals surface area contributed by atoms with Gasteiger partial charge < -0.3 is 10.2 Å². The highest BCUT2D eigenvalue weighted by molar-refractivity contribution is 4.77. The maximum atomic E-state index is 3.75. The fraction of sp³-hybridized carbons (Fsp3) is 1.00. The Morgan fingerprint density at radius 3 is 2.44 bits per heavy atom. The molecule has 0 bridgehead atoms. The van der Waals surface area contributed by atoms with Crippen molar-refractivity contribution in [2.24, 2.45) is 11.8 Å². The van der Waals surface area contributed by atoms with Crippen molar-refractivity contribution in [1.29, 1.82) is 0 Å². The predicted molar refractivity (Wildman–Crippen MR) is 78.9 cm³/mol. The molecule has 2 fully saturated rings. The first kappa shape index (κ1) is 14.3. The van der Waals surface area contributed by atoms with Crippen LogP contribution < -0.4 is 5.32 Å². The molecule has 1 N–H and O–H groups in total. The molecule has 1 aliphatic carbocycles. The van der Waals surface area contributed by atoms with Crippen LogP contribution in [0.2, 0.25) is 0 Å². The van der Waals surface area contributed by atoms with Crippen molar-refractivity contribution in [3.8, 4) is 0 Å². The van der Waals surface area contributed by atoms with Crippen molar-refractivity contribution in [3.05, 3.63) is 0 Å². The molecule has 1 heterocycles. The third kappa shape index (κ3) is 4.55. The second-order valence-electron chi connectivity index (χ2n) is 6.67. The summed E-state index contributed by atoms with van der Waals surface area (Å²) < 4.78 is 0. The summed E-state index contributed by atoms with van der Waals surface area (Å²) >= 11 is 0. The largest absolute Gasteiger partial charge is 0.314 e. The lowest BCUT2D eigenvalue weighted by Gasteiger charge is -2.30. The summed E-state index contributed by atoms with van der Waals surface area (Å²) in [5.41, 5.74) is 0. The Hall–Kier alpha value is -0.0800. The van der Waals surface area contributed by atoms with Gasteiger partial charge in [0.1, 0.15) is 0 Å². The minimum Gasteiger partial charge on any atom is -0.314 e. The summed E-state index contributed by atoms with van der Waals surface area (Å²) in [6.45, 7) is 9.96. The van der Waals surface area contributed by atoms with Crippen LogP contribution in [0, 0.1) is 11.8 Å². The summed E-state index contributed by atoms with van der Waals surface area (Å²) in [4.78, 5) is 2.65. The molecule has 0 aromatic rings. The zero-order valence-electron chi connectivity index (χ0n) is 12.5. The zero-order valence-corrected chi connectivity index (χ0v) is 12.5. The maximum Gasteiger partial charge on any atom is 0.00670 e. The van der Waals surface area contributed by atoms with Crippen LogP contribution in [-0.2, 0) is 0 Å². The van der Waals surface area contributed by atoms with Crippen LogP contribution in [0.25, 0.3) is 0 Å². The van der Waals surface area contributed by atoms with E-state index in [4.69, 9.17) is 0 Å². The van der Waals surface area contributed by atoms with E-state index in [1.807, 2.05) is 0 Å². The van der Waals surface area contributed by atoms with E-state index < -0.39 is 0 Å². The molecule has 2 nitrogen and oxygen atoms in total. The number of likely N-dealkylation sites (tertiary alicyclic amines) is 1. The van der Waals surface area contributed by atoms with Gasteiger partial charge in [0.05, 0.1) is 0 Å². The Balaban J connectivity index is 1.50. The van der Waals surface area contributed by atoms with Crippen molar-refractivity contribution < 1.29 is 0 Å². The molecule has 0 amide bonds. The molecule has 1 saturated heterocycles. The van der Waals surface area contributed by atoms with Crippen LogP contribution in [0.5, 0.6) is 0 Å². The first-order valence-corrected chi connectivity index (χ1v) is 8.21. The average molecular weight is 252 g/mol. The van der Waals surface area contributed by atoms with Gasteiger partial charge in [-0.3, -0.25) is 0 Å². The van der Waals surface area contributed by atoms with Crippen LogP contribution in [-0.4, -0.2) is 37.1 Å². The Bertz CT molecular complexity index is 215. The monoisotopic (exact) mass is 252 g/mol. The molecule has 1 atom stereocenters. The second-order valence-corrected chi connectivity index (χ2v) is 6.67. The summed E-state index contributed by atoms with van der Waals surface area (Å²) in [6, 6.07) is 0.744. The van der Waals surface area contributed by atoms with Crippen LogP contribution in [0.15, 0.2) is 0 Å². The molecule has 1 aliphatic heterocycles. The van der Waals surface area contributed by atoms with Gasteiger partial charge in [-0.05, 0) is 77.0 Å². The highest BCUT2D eigenvalue weighted by Gasteiger charge is 2.21. The Morgan fingerprint density at radius 2 is 1.78 bits per heavy atom. The fourth-order valence-corrected chi connectivity index (χ4v) is 3.54. The SMILES string of the molecule is CC1CCN(CCCNC(C)C2CCCC2)CC1. The summed E-state index contributed by atoms with van der Waals surface area (Å²) in [5.74, 6) is 1.92. The van der Waals surface area contributed by atoms with E-state index in [0.717, 1.165) is 17.9 Å². The highest BCUT2D eigenvalue weighted by Crippen LogP contribution is 2.27. The molecule has 0 aromatic heterocycles. The molecular weight excluding hydrogens is 220 g/mol. The number of nitrogens with one attached hydrogen (secondary N) is 1. The van der Waals surface area contributed by atoms with E-state index in [0.29, 0.717) is 0 Å². The van der Waals surface area contributed by atoms with Crippen LogP contribution >= 0.6 is 0 Å². The smallest absolute Gasteiger partial charge is 0.00670 e. The molecule has 1 saturated carbocycles. The summed E-state index contributed by atoms with van der Waals surface area (Å²) in [5, 5.41) is 3.75. The van der Waals surface area contributed by atoms with E-state index in [-0.39, 0.29) is 0 Å². The normalized spacial score (nSPS) is 25.7. The third-order valence-corrected chi connectivity index (χ3v) is 5.10. The lowest BCUT2D eigenvalue weighted by Crippen LogP contribution is -2.37. The average Bonchev–Trinajstić information content (AvgIpc) is 2.90. The van der Waals surface area contributed by atoms with Gasteiger partial charge in [-0.1, -0.05) is 19.8 Å². The fourth-order valence-electron chi connectivity index (χ4n) is 3.54. The molecule has 106 valence electrons. The molecule has 2 aliphatic rings. The van der Waals surface area contributed by atoms with Gasteiger partial charge in [-0.25, -0.2) is 0 Å². The molecule has 0 aromatic carbocycles. The van der Waals surface area contributed by atoms with E-state index in [2.05, 4.69) is 24.1 Å². The molecule has 18 heavy (non-hydrogen) atoms. The van der Waals surface area contributed by atoms with Gasteiger partial charge >= 0.3 is 0 Å². The van der Waals surface area contributed by atoms with Gasteiger partial charge in [0, 0.05) is 6.04 Å². The molecular formula is C16H32N2. The second kappa shape index (κ2) is 7.49. The number of hydrogen-bond acceptors (Lipinski definition) is 2. The van der Waals surface area contributed by atoms with Crippen molar-refractivity contribution >= 4 is 0 Å². The standard InChI is InChI=1S/C16H32N2/c1-14-8-12-18(13-9-14)11-5-10-17-15(2)16-6-3-4-7-16/h14-17H,3-13H2,1-2H3. The van der Waals surface area contributed by atoms with E-state index in [9.17, 15) is 0 Å². The first-order chi connectivity index (χ1) is 8.75. The number of nitrogens with zero attached hydrogens (tertiary/aromatic N) is 1. The summed E-state index contributed by atoms with van der Waals surface area (Å²) in [6.07, 6.45) is 9.98. The van der Waals surface area contributed by atoms with Crippen molar-refractivity contribution in [2.75, 3.05) is 26.2 Å². The van der Waals surface area contributed by atoms with E-state index in [1.165, 1.54) is 71.1 Å². The lowest BCUT2D eigenvalue weighted by molar-refractivity contribution is 0.189. The zero-order chi connectivity index (χ0) is 12.8. The van der Waals surface area contributed by atoms with Gasteiger partial charge in [0.15, 0.2) is 0 Å². The maximum absolute atomic E-state index is 3.75. The van der Waals surface area contributed by atoms with Gasteiger partial charge in [-0.2, -0.15) is 0 Å².